The topological polar surface area (TPSA) is 105 Å². The minimum absolute atomic E-state index is 0.0531. The van der Waals surface area contributed by atoms with E-state index in [1.54, 1.807) is 17.8 Å². The molecule has 0 aliphatic heterocycles. The molecule has 3 rings (SSSR count). The Bertz CT molecular complexity index is 940. The van der Waals surface area contributed by atoms with Gasteiger partial charge in [0.05, 0.1) is 28.7 Å². The second-order valence-corrected chi connectivity index (χ2v) is 5.29. The van der Waals surface area contributed by atoms with Gasteiger partial charge in [0.1, 0.15) is 0 Å². The number of fused-ring (bicyclic) bond motifs is 1. The Morgan fingerprint density at radius 3 is 2.86 bits per heavy atom. The number of nitrogens with zero attached hydrogens (tertiary/aromatic N) is 2. The van der Waals surface area contributed by atoms with Gasteiger partial charge in [-0.3, -0.25) is 19.1 Å². The van der Waals surface area contributed by atoms with Crippen molar-refractivity contribution in [2.24, 2.45) is 0 Å². The molecule has 0 radical (unpaired) electrons. The number of carboxylic acids is 1. The van der Waals surface area contributed by atoms with E-state index in [4.69, 9.17) is 0 Å². The van der Waals surface area contributed by atoms with E-state index >= 15 is 0 Å². The maximum Gasteiger partial charge on any atom is 0.337 e. The maximum absolute atomic E-state index is 12.0. The zero-order chi connectivity index (χ0) is 15.0. The molecule has 0 amide bonds. The number of aromatic nitrogens is 3. The summed E-state index contributed by atoms with van der Waals surface area (Å²) in [5.74, 6) is -1.17. The molecule has 0 aliphatic carbocycles. The van der Waals surface area contributed by atoms with Gasteiger partial charge < -0.3 is 10.1 Å². The first kappa shape index (κ1) is 13.3. The number of rotatable bonds is 3. The van der Waals surface area contributed by atoms with Gasteiger partial charge in [-0.1, -0.05) is 6.07 Å². The summed E-state index contributed by atoms with van der Waals surface area (Å²) in [5, 5.41) is 9.17. The normalized spacial score (nSPS) is 10.9. The number of aromatic carboxylic acids is 1. The summed E-state index contributed by atoms with van der Waals surface area (Å²) in [5.41, 5.74) is 0.507. The highest BCUT2D eigenvalue weighted by Crippen LogP contribution is 2.16. The Hall–Kier alpha value is -2.74. The van der Waals surface area contributed by atoms with Crippen LogP contribution in [0.3, 0.4) is 0 Å². The molecule has 0 saturated heterocycles. The van der Waals surface area contributed by atoms with E-state index in [1.807, 2.05) is 0 Å². The zero-order valence-electron chi connectivity index (χ0n) is 10.6. The van der Waals surface area contributed by atoms with Crippen LogP contribution in [0.15, 0.2) is 39.5 Å². The van der Waals surface area contributed by atoms with E-state index in [9.17, 15) is 19.5 Å². The quantitative estimate of drug-likeness (QED) is 0.699. The Morgan fingerprint density at radius 2 is 2.19 bits per heavy atom. The molecule has 7 nitrogen and oxygen atoms in total. The highest BCUT2D eigenvalue weighted by molar-refractivity contribution is 7.09. The molecule has 106 valence electrons. The number of carboxylic acid groups (broad SMARTS) is 1. The molecule has 0 saturated carbocycles. The summed E-state index contributed by atoms with van der Waals surface area (Å²) in [6, 6.07) is 4.51. The predicted octanol–water partition coefficient (Wildman–Crippen LogP) is 0.893. The molecule has 21 heavy (non-hydrogen) atoms. The second kappa shape index (κ2) is 4.98. The monoisotopic (exact) mass is 303 g/mol. The van der Waals surface area contributed by atoms with E-state index in [0.717, 1.165) is 4.88 Å². The number of para-hydroxylation sites is 1. The fourth-order valence-electron chi connectivity index (χ4n) is 2.11. The molecule has 0 spiro atoms. The summed E-state index contributed by atoms with van der Waals surface area (Å²) in [7, 11) is 0. The van der Waals surface area contributed by atoms with E-state index in [-0.39, 0.29) is 17.6 Å². The standard InChI is InChI=1S/C13H9N3O4S/c17-11-12(18)16(5-7-4-14-6-21-7)9-3-1-2-8(13(19)20)10(9)15-11/h1-4,6H,5H2,(H,15,17)(H,19,20). The number of nitrogens with one attached hydrogen (secondary N) is 1. The first-order valence-electron chi connectivity index (χ1n) is 5.94. The molecule has 2 aromatic heterocycles. The van der Waals surface area contributed by atoms with Crippen LogP contribution in [0.1, 0.15) is 15.2 Å². The predicted molar refractivity (Wildman–Crippen MR) is 77.0 cm³/mol. The molecule has 2 heterocycles. The van der Waals surface area contributed by atoms with Crippen molar-refractivity contribution in [3.8, 4) is 0 Å². The van der Waals surface area contributed by atoms with Crippen molar-refractivity contribution in [1.82, 2.24) is 14.5 Å². The van der Waals surface area contributed by atoms with Crippen LogP contribution in [0, 0.1) is 0 Å². The fourth-order valence-corrected chi connectivity index (χ4v) is 2.69. The van der Waals surface area contributed by atoms with Crippen molar-refractivity contribution in [2.45, 2.75) is 6.54 Å². The minimum atomic E-state index is -1.17. The number of hydrogen-bond acceptors (Lipinski definition) is 5. The maximum atomic E-state index is 12.0. The second-order valence-electron chi connectivity index (χ2n) is 4.32. The Balaban J connectivity index is 2.35. The average Bonchev–Trinajstić information content (AvgIpc) is 2.96. The molecule has 3 aromatic rings. The Kier molecular flexibility index (Phi) is 3.15. The van der Waals surface area contributed by atoms with E-state index < -0.39 is 17.1 Å². The van der Waals surface area contributed by atoms with Crippen molar-refractivity contribution in [3.63, 3.8) is 0 Å². The summed E-state index contributed by atoms with van der Waals surface area (Å²) in [4.78, 5) is 42.1. The first-order chi connectivity index (χ1) is 10.1. The van der Waals surface area contributed by atoms with Crippen LogP contribution in [0.5, 0.6) is 0 Å². The van der Waals surface area contributed by atoms with Crippen LogP contribution in [-0.2, 0) is 6.54 Å². The van der Waals surface area contributed by atoms with Crippen molar-refractivity contribution >= 4 is 28.3 Å². The van der Waals surface area contributed by atoms with Crippen LogP contribution >= 0.6 is 11.3 Å². The lowest BCUT2D eigenvalue weighted by molar-refractivity contribution is 0.0699. The average molecular weight is 303 g/mol. The van der Waals surface area contributed by atoms with Crippen molar-refractivity contribution < 1.29 is 9.90 Å². The number of carbonyl (C=O) groups is 1. The SMILES string of the molecule is O=C(O)c1cccc2c1[nH]c(=O)c(=O)n2Cc1cncs1. The van der Waals surface area contributed by atoms with Gasteiger partial charge in [0, 0.05) is 11.1 Å². The van der Waals surface area contributed by atoms with Gasteiger partial charge in [-0.2, -0.15) is 0 Å². The first-order valence-corrected chi connectivity index (χ1v) is 6.82. The number of aromatic amines is 1. The molecular formula is C13H9N3O4S. The molecule has 0 unspecified atom stereocenters. The molecule has 0 aliphatic rings. The minimum Gasteiger partial charge on any atom is -0.478 e. The van der Waals surface area contributed by atoms with E-state index in [2.05, 4.69) is 9.97 Å². The van der Waals surface area contributed by atoms with Gasteiger partial charge in [0.25, 0.3) is 0 Å². The largest absolute Gasteiger partial charge is 0.478 e. The van der Waals surface area contributed by atoms with Crippen LogP contribution in [0.4, 0.5) is 0 Å². The molecule has 0 fully saturated rings. The Morgan fingerprint density at radius 1 is 1.38 bits per heavy atom. The summed E-state index contributed by atoms with van der Waals surface area (Å²) in [6.07, 6.45) is 1.60. The summed E-state index contributed by atoms with van der Waals surface area (Å²) >= 11 is 1.35. The van der Waals surface area contributed by atoms with Crippen molar-refractivity contribution in [3.05, 3.63) is 61.1 Å². The highest BCUT2D eigenvalue weighted by atomic mass is 32.1. The third-order valence-electron chi connectivity index (χ3n) is 3.04. The van der Waals surface area contributed by atoms with Gasteiger partial charge in [-0.15, -0.1) is 11.3 Å². The molecule has 0 bridgehead atoms. The van der Waals surface area contributed by atoms with Gasteiger partial charge in [0.2, 0.25) is 0 Å². The Labute approximate surface area is 121 Å². The van der Waals surface area contributed by atoms with Gasteiger partial charge >= 0.3 is 17.1 Å². The smallest absolute Gasteiger partial charge is 0.337 e. The summed E-state index contributed by atoms with van der Waals surface area (Å²) < 4.78 is 1.26. The molecular weight excluding hydrogens is 294 g/mol. The number of benzene rings is 1. The molecule has 2 N–H and O–H groups in total. The van der Waals surface area contributed by atoms with E-state index in [0.29, 0.717) is 5.52 Å². The number of H-pyrrole nitrogens is 1. The van der Waals surface area contributed by atoms with Crippen LogP contribution in [0.2, 0.25) is 0 Å². The molecule has 1 aromatic carbocycles. The highest BCUT2D eigenvalue weighted by Gasteiger charge is 2.14. The van der Waals surface area contributed by atoms with Crippen molar-refractivity contribution in [2.75, 3.05) is 0 Å². The van der Waals surface area contributed by atoms with Crippen LogP contribution in [0.25, 0.3) is 11.0 Å². The van der Waals surface area contributed by atoms with Gasteiger partial charge in [-0.25, -0.2) is 4.79 Å². The third kappa shape index (κ3) is 2.25. The van der Waals surface area contributed by atoms with Gasteiger partial charge in [0.15, 0.2) is 0 Å². The number of thiazole rings is 1. The van der Waals surface area contributed by atoms with Crippen LogP contribution < -0.4 is 11.1 Å². The summed E-state index contributed by atoms with van der Waals surface area (Å²) in [6.45, 7) is 0.174. The van der Waals surface area contributed by atoms with Crippen LogP contribution in [-0.4, -0.2) is 25.6 Å². The number of hydrogen-bond donors (Lipinski definition) is 2. The lowest BCUT2D eigenvalue weighted by atomic mass is 10.1. The van der Waals surface area contributed by atoms with E-state index in [1.165, 1.54) is 28.0 Å². The molecule has 0 atom stereocenters. The third-order valence-corrected chi connectivity index (χ3v) is 3.80. The van der Waals surface area contributed by atoms with Crippen molar-refractivity contribution in [1.29, 1.82) is 0 Å². The lowest BCUT2D eigenvalue weighted by Crippen LogP contribution is -2.36. The van der Waals surface area contributed by atoms with Gasteiger partial charge in [-0.05, 0) is 12.1 Å². The lowest BCUT2D eigenvalue weighted by Gasteiger charge is -2.09. The fraction of sp³-hybridized carbons (Fsp3) is 0.0769. The molecule has 8 heteroatoms. The zero-order valence-corrected chi connectivity index (χ0v) is 11.4.